The molecule has 2 aromatic rings. The van der Waals surface area contributed by atoms with Gasteiger partial charge in [0.2, 0.25) is 0 Å². The SMILES string of the molecule is CNc1cc(NC(C)c2cccnc2)nc(C)n1. The van der Waals surface area contributed by atoms with Crippen LogP contribution in [-0.2, 0) is 0 Å². The minimum atomic E-state index is 0.151. The van der Waals surface area contributed by atoms with E-state index in [-0.39, 0.29) is 6.04 Å². The lowest BCUT2D eigenvalue weighted by Crippen LogP contribution is -2.09. The van der Waals surface area contributed by atoms with Crippen molar-refractivity contribution in [3.63, 3.8) is 0 Å². The Labute approximate surface area is 107 Å². The van der Waals surface area contributed by atoms with Crippen LogP contribution < -0.4 is 10.6 Å². The van der Waals surface area contributed by atoms with Crippen molar-refractivity contribution in [3.05, 3.63) is 42.0 Å². The summed E-state index contributed by atoms with van der Waals surface area (Å²) in [4.78, 5) is 12.7. The topological polar surface area (TPSA) is 62.7 Å². The van der Waals surface area contributed by atoms with Gasteiger partial charge in [0.05, 0.1) is 6.04 Å². The maximum absolute atomic E-state index is 4.36. The number of anilines is 2. The Balaban J connectivity index is 2.16. The first-order chi connectivity index (χ1) is 8.69. The van der Waals surface area contributed by atoms with Gasteiger partial charge in [-0.15, -0.1) is 0 Å². The Morgan fingerprint density at radius 1 is 1.22 bits per heavy atom. The van der Waals surface area contributed by atoms with Crippen molar-refractivity contribution >= 4 is 11.6 Å². The molecule has 0 aliphatic heterocycles. The number of nitrogens with one attached hydrogen (secondary N) is 2. The molecule has 5 heteroatoms. The Morgan fingerprint density at radius 2 is 2.00 bits per heavy atom. The molecule has 5 nitrogen and oxygen atoms in total. The Bertz CT molecular complexity index is 512. The predicted molar refractivity (Wildman–Crippen MR) is 72.6 cm³/mol. The molecular weight excluding hydrogens is 226 g/mol. The van der Waals surface area contributed by atoms with Crippen LogP contribution in [0.25, 0.3) is 0 Å². The number of aryl methyl sites for hydroxylation is 1. The molecule has 1 unspecified atom stereocenters. The highest BCUT2D eigenvalue weighted by atomic mass is 15.1. The van der Waals surface area contributed by atoms with E-state index >= 15 is 0 Å². The predicted octanol–water partition coefficient (Wildman–Crippen LogP) is 2.39. The monoisotopic (exact) mass is 243 g/mol. The van der Waals surface area contributed by atoms with Crippen LogP contribution in [0.2, 0.25) is 0 Å². The first-order valence-corrected chi connectivity index (χ1v) is 5.89. The van der Waals surface area contributed by atoms with Gasteiger partial charge >= 0.3 is 0 Å². The van der Waals surface area contributed by atoms with Gasteiger partial charge in [-0.3, -0.25) is 4.98 Å². The van der Waals surface area contributed by atoms with Crippen molar-refractivity contribution in [3.8, 4) is 0 Å². The van der Waals surface area contributed by atoms with Gasteiger partial charge in [0, 0.05) is 25.5 Å². The summed E-state index contributed by atoms with van der Waals surface area (Å²) in [5.41, 5.74) is 1.12. The second-order valence-corrected chi connectivity index (χ2v) is 4.09. The molecule has 1 atom stereocenters. The van der Waals surface area contributed by atoms with Gasteiger partial charge in [-0.05, 0) is 25.5 Å². The van der Waals surface area contributed by atoms with Crippen molar-refractivity contribution in [1.29, 1.82) is 0 Å². The lowest BCUT2D eigenvalue weighted by Gasteiger charge is -2.15. The maximum atomic E-state index is 4.36. The summed E-state index contributed by atoms with van der Waals surface area (Å²) >= 11 is 0. The fourth-order valence-electron chi connectivity index (χ4n) is 1.71. The molecule has 0 radical (unpaired) electrons. The number of hydrogen-bond donors (Lipinski definition) is 2. The third-order valence-electron chi connectivity index (χ3n) is 2.64. The summed E-state index contributed by atoms with van der Waals surface area (Å²) in [6, 6.07) is 6.01. The van der Waals surface area contributed by atoms with Crippen LogP contribution >= 0.6 is 0 Å². The van der Waals surface area contributed by atoms with Crippen molar-refractivity contribution in [1.82, 2.24) is 15.0 Å². The molecule has 0 aromatic carbocycles. The molecule has 2 rings (SSSR count). The summed E-state index contributed by atoms with van der Waals surface area (Å²) in [5.74, 6) is 2.36. The Morgan fingerprint density at radius 3 is 2.67 bits per heavy atom. The van der Waals surface area contributed by atoms with Gasteiger partial charge in [-0.1, -0.05) is 6.07 Å². The molecule has 0 amide bonds. The summed E-state index contributed by atoms with van der Waals surface area (Å²) < 4.78 is 0. The zero-order valence-electron chi connectivity index (χ0n) is 10.8. The third kappa shape index (κ3) is 2.94. The average molecular weight is 243 g/mol. The molecular formula is C13H17N5. The fraction of sp³-hybridized carbons (Fsp3) is 0.308. The number of hydrogen-bond acceptors (Lipinski definition) is 5. The minimum absolute atomic E-state index is 0.151. The molecule has 0 aliphatic carbocycles. The van der Waals surface area contributed by atoms with Crippen molar-refractivity contribution in [2.75, 3.05) is 17.7 Å². The quantitative estimate of drug-likeness (QED) is 0.863. The van der Waals surface area contributed by atoms with Crippen molar-refractivity contribution in [2.24, 2.45) is 0 Å². The van der Waals surface area contributed by atoms with Crippen LogP contribution in [0.3, 0.4) is 0 Å². The van der Waals surface area contributed by atoms with E-state index in [1.54, 1.807) is 6.20 Å². The summed E-state index contributed by atoms with van der Waals surface area (Å²) in [7, 11) is 1.84. The first-order valence-electron chi connectivity index (χ1n) is 5.89. The molecule has 0 saturated carbocycles. The van der Waals surface area contributed by atoms with E-state index in [9.17, 15) is 0 Å². The van der Waals surface area contributed by atoms with E-state index in [1.807, 2.05) is 38.4 Å². The van der Waals surface area contributed by atoms with Crippen LogP contribution in [0.4, 0.5) is 11.6 Å². The summed E-state index contributed by atoms with van der Waals surface area (Å²) in [6.45, 7) is 3.95. The number of nitrogens with zero attached hydrogens (tertiary/aromatic N) is 3. The van der Waals surface area contributed by atoms with Crippen LogP contribution in [-0.4, -0.2) is 22.0 Å². The smallest absolute Gasteiger partial charge is 0.132 e. The molecule has 94 valence electrons. The van der Waals surface area contributed by atoms with Gasteiger partial charge < -0.3 is 10.6 Å². The number of pyridine rings is 1. The van der Waals surface area contributed by atoms with Crippen molar-refractivity contribution < 1.29 is 0 Å². The molecule has 2 N–H and O–H groups in total. The second kappa shape index (κ2) is 5.44. The minimum Gasteiger partial charge on any atom is -0.373 e. The second-order valence-electron chi connectivity index (χ2n) is 4.09. The normalized spacial score (nSPS) is 11.9. The van der Waals surface area contributed by atoms with Crippen LogP contribution in [0.15, 0.2) is 30.6 Å². The molecule has 0 fully saturated rings. The summed E-state index contributed by atoms with van der Waals surface area (Å²) in [6.07, 6.45) is 3.62. The van der Waals surface area contributed by atoms with Crippen LogP contribution in [0.5, 0.6) is 0 Å². The zero-order chi connectivity index (χ0) is 13.0. The molecule has 2 heterocycles. The molecule has 0 spiro atoms. The largest absolute Gasteiger partial charge is 0.373 e. The molecule has 2 aromatic heterocycles. The maximum Gasteiger partial charge on any atom is 0.132 e. The summed E-state index contributed by atoms with van der Waals surface area (Å²) in [5, 5.41) is 6.36. The fourth-order valence-corrected chi connectivity index (χ4v) is 1.71. The van der Waals surface area contributed by atoms with Gasteiger partial charge in [-0.2, -0.15) is 0 Å². The molecule has 0 aliphatic rings. The van der Waals surface area contributed by atoms with E-state index in [4.69, 9.17) is 0 Å². The first kappa shape index (κ1) is 12.3. The van der Waals surface area contributed by atoms with E-state index in [0.29, 0.717) is 0 Å². The highest BCUT2D eigenvalue weighted by molar-refractivity contribution is 5.48. The van der Waals surface area contributed by atoms with Crippen LogP contribution in [0.1, 0.15) is 24.4 Å². The molecule has 0 bridgehead atoms. The lowest BCUT2D eigenvalue weighted by molar-refractivity contribution is 0.860. The van der Waals surface area contributed by atoms with E-state index < -0.39 is 0 Å². The average Bonchev–Trinajstić information content (AvgIpc) is 2.39. The van der Waals surface area contributed by atoms with Gasteiger partial charge in [0.25, 0.3) is 0 Å². The van der Waals surface area contributed by atoms with Gasteiger partial charge in [-0.25, -0.2) is 9.97 Å². The Kier molecular flexibility index (Phi) is 3.72. The highest BCUT2D eigenvalue weighted by Gasteiger charge is 2.07. The van der Waals surface area contributed by atoms with Crippen LogP contribution in [0, 0.1) is 6.92 Å². The van der Waals surface area contributed by atoms with Crippen molar-refractivity contribution in [2.45, 2.75) is 19.9 Å². The molecule has 18 heavy (non-hydrogen) atoms. The van der Waals surface area contributed by atoms with E-state index in [0.717, 1.165) is 23.0 Å². The zero-order valence-corrected chi connectivity index (χ0v) is 10.8. The van der Waals surface area contributed by atoms with Gasteiger partial charge in [0.1, 0.15) is 17.5 Å². The number of aromatic nitrogens is 3. The lowest BCUT2D eigenvalue weighted by atomic mass is 10.1. The standard InChI is InChI=1S/C13H17N5/c1-9(11-5-4-6-15-8-11)16-13-7-12(14-3)17-10(2)18-13/h4-9H,1-3H3,(H2,14,16,17,18). The van der Waals surface area contributed by atoms with E-state index in [1.165, 1.54) is 0 Å². The van der Waals surface area contributed by atoms with Gasteiger partial charge in [0.15, 0.2) is 0 Å². The third-order valence-corrected chi connectivity index (χ3v) is 2.64. The highest BCUT2D eigenvalue weighted by Crippen LogP contribution is 2.18. The van der Waals surface area contributed by atoms with E-state index in [2.05, 4.69) is 32.5 Å². The Hall–Kier alpha value is -2.17. The molecule has 0 saturated heterocycles. The number of rotatable bonds is 4.